The standard InChI is InChI=1S/C18H18F3N5O3S/c1-12-9-13(2)26(24-12)16-10-17(23-11-22-16)29-15-5-3-14(4-6-15)25-30(27,28)8-7-18(19,20)21/h3-6,9-11,25H,7-8H2,1-2H3. The molecule has 0 spiro atoms. The van der Waals surface area contributed by atoms with Crippen LogP contribution in [0.1, 0.15) is 17.8 Å². The molecule has 0 fully saturated rings. The predicted molar refractivity (Wildman–Crippen MR) is 103 cm³/mol. The predicted octanol–water partition coefficient (Wildman–Crippen LogP) is 3.77. The summed E-state index contributed by atoms with van der Waals surface area (Å²) >= 11 is 0. The van der Waals surface area contributed by atoms with Gasteiger partial charge < -0.3 is 4.74 Å². The highest BCUT2D eigenvalue weighted by molar-refractivity contribution is 7.92. The summed E-state index contributed by atoms with van der Waals surface area (Å²) in [6.07, 6.45) is -4.64. The first kappa shape index (κ1) is 21.6. The molecule has 2 aromatic heterocycles. The van der Waals surface area contributed by atoms with Gasteiger partial charge in [0.25, 0.3) is 0 Å². The van der Waals surface area contributed by atoms with Gasteiger partial charge in [0, 0.05) is 17.4 Å². The molecule has 0 bridgehead atoms. The van der Waals surface area contributed by atoms with Crippen LogP contribution < -0.4 is 9.46 Å². The van der Waals surface area contributed by atoms with Gasteiger partial charge in [0.2, 0.25) is 15.9 Å². The molecule has 1 aromatic carbocycles. The van der Waals surface area contributed by atoms with Gasteiger partial charge in [-0.3, -0.25) is 4.72 Å². The van der Waals surface area contributed by atoms with E-state index in [9.17, 15) is 21.6 Å². The van der Waals surface area contributed by atoms with Crippen LogP contribution in [0, 0.1) is 13.8 Å². The minimum atomic E-state index is -4.55. The minimum absolute atomic E-state index is 0.121. The van der Waals surface area contributed by atoms with E-state index >= 15 is 0 Å². The number of rotatable bonds is 7. The summed E-state index contributed by atoms with van der Waals surface area (Å²) in [4.78, 5) is 8.20. The van der Waals surface area contributed by atoms with Crippen LogP contribution in [-0.2, 0) is 10.0 Å². The Kier molecular flexibility index (Phi) is 5.97. The van der Waals surface area contributed by atoms with Crippen LogP contribution in [0.2, 0.25) is 0 Å². The summed E-state index contributed by atoms with van der Waals surface area (Å²) in [5.74, 6) is 0.0575. The van der Waals surface area contributed by atoms with Crippen molar-refractivity contribution in [2.75, 3.05) is 10.5 Å². The van der Waals surface area contributed by atoms with Crippen LogP contribution in [0.15, 0.2) is 42.7 Å². The van der Waals surface area contributed by atoms with E-state index in [1.807, 2.05) is 19.9 Å². The van der Waals surface area contributed by atoms with Gasteiger partial charge in [0.1, 0.15) is 12.1 Å². The zero-order chi connectivity index (χ0) is 21.9. The molecule has 0 radical (unpaired) electrons. The van der Waals surface area contributed by atoms with E-state index in [1.54, 1.807) is 10.7 Å². The van der Waals surface area contributed by atoms with E-state index in [2.05, 4.69) is 19.8 Å². The molecule has 12 heteroatoms. The van der Waals surface area contributed by atoms with E-state index < -0.39 is 28.4 Å². The number of nitrogens with zero attached hydrogens (tertiary/aromatic N) is 4. The summed E-state index contributed by atoms with van der Waals surface area (Å²) in [5.41, 5.74) is 1.84. The van der Waals surface area contributed by atoms with Gasteiger partial charge in [-0.25, -0.2) is 23.1 Å². The van der Waals surface area contributed by atoms with Gasteiger partial charge in [0.05, 0.1) is 17.9 Å². The Balaban J connectivity index is 1.68. The quantitative estimate of drug-likeness (QED) is 0.599. The van der Waals surface area contributed by atoms with E-state index in [1.165, 1.54) is 30.6 Å². The Morgan fingerprint density at radius 1 is 1.10 bits per heavy atom. The maximum atomic E-state index is 12.2. The first-order valence-electron chi connectivity index (χ1n) is 8.72. The Labute approximate surface area is 170 Å². The number of halogens is 3. The maximum Gasteiger partial charge on any atom is 0.390 e. The van der Waals surface area contributed by atoms with Crippen molar-refractivity contribution in [2.45, 2.75) is 26.4 Å². The second-order valence-electron chi connectivity index (χ2n) is 6.47. The SMILES string of the molecule is Cc1cc(C)n(-c2cc(Oc3ccc(NS(=O)(=O)CCC(F)(F)F)cc3)ncn2)n1. The summed E-state index contributed by atoms with van der Waals surface area (Å²) in [7, 11) is -4.12. The Hall–Kier alpha value is -3.15. The molecule has 3 aromatic rings. The fraction of sp³-hybridized carbons (Fsp3) is 0.278. The van der Waals surface area contributed by atoms with Crippen LogP contribution in [0.4, 0.5) is 18.9 Å². The largest absolute Gasteiger partial charge is 0.439 e. The maximum absolute atomic E-state index is 12.2. The monoisotopic (exact) mass is 441 g/mol. The van der Waals surface area contributed by atoms with Crippen LogP contribution in [0.3, 0.4) is 0 Å². The molecule has 0 aliphatic heterocycles. The van der Waals surface area contributed by atoms with Gasteiger partial charge in [0.15, 0.2) is 5.82 Å². The Morgan fingerprint density at radius 2 is 1.80 bits per heavy atom. The second kappa shape index (κ2) is 8.30. The number of anilines is 1. The van der Waals surface area contributed by atoms with Crippen molar-refractivity contribution < 1.29 is 26.3 Å². The van der Waals surface area contributed by atoms with Crippen molar-refractivity contribution in [3.8, 4) is 17.4 Å². The Morgan fingerprint density at radius 3 is 2.40 bits per heavy atom. The summed E-state index contributed by atoms with van der Waals surface area (Å²) < 4.78 is 69.6. The number of sulfonamides is 1. The minimum Gasteiger partial charge on any atom is -0.439 e. The van der Waals surface area contributed by atoms with E-state index in [4.69, 9.17) is 4.74 Å². The molecular formula is C18H18F3N5O3S. The number of nitrogens with one attached hydrogen (secondary N) is 1. The van der Waals surface area contributed by atoms with Crippen LogP contribution in [0.25, 0.3) is 5.82 Å². The third-order valence-corrected chi connectivity index (χ3v) is 5.15. The lowest BCUT2D eigenvalue weighted by Crippen LogP contribution is -2.21. The number of ether oxygens (including phenoxy) is 1. The third kappa shape index (κ3) is 5.92. The lowest BCUT2D eigenvalue weighted by Gasteiger charge is -2.11. The molecule has 30 heavy (non-hydrogen) atoms. The highest BCUT2D eigenvalue weighted by Crippen LogP contribution is 2.24. The van der Waals surface area contributed by atoms with Crippen LogP contribution in [0.5, 0.6) is 11.6 Å². The fourth-order valence-corrected chi connectivity index (χ4v) is 3.65. The molecule has 8 nitrogen and oxygen atoms in total. The summed E-state index contributed by atoms with van der Waals surface area (Å²) in [6.45, 7) is 3.75. The van der Waals surface area contributed by atoms with Crippen molar-refractivity contribution >= 4 is 15.7 Å². The molecule has 0 unspecified atom stereocenters. The van der Waals surface area contributed by atoms with E-state index in [-0.39, 0.29) is 11.6 Å². The van der Waals surface area contributed by atoms with Crippen molar-refractivity contribution in [1.82, 2.24) is 19.7 Å². The number of hydrogen-bond donors (Lipinski definition) is 1. The molecule has 160 valence electrons. The lowest BCUT2D eigenvalue weighted by atomic mass is 10.3. The first-order chi connectivity index (χ1) is 14.0. The van der Waals surface area contributed by atoms with Gasteiger partial charge in [-0.2, -0.15) is 18.3 Å². The van der Waals surface area contributed by atoms with Crippen molar-refractivity contribution in [3.63, 3.8) is 0 Å². The Bertz CT molecular complexity index is 1130. The molecule has 0 aliphatic rings. The number of aryl methyl sites for hydroxylation is 2. The number of aromatic nitrogens is 4. The molecule has 1 N–H and O–H groups in total. The normalized spacial score (nSPS) is 12.0. The fourth-order valence-electron chi connectivity index (χ4n) is 2.55. The van der Waals surface area contributed by atoms with Gasteiger partial charge in [-0.1, -0.05) is 0 Å². The van der Waals surface area contributed by atoms with Crippen LogP contribution >= 0.6 is 0 Å². The van der Waals surface area contributed by atoms with Gasteiger partial charge in [-0.05, 0) is 44.2 Å². The molecular weight excluding hydrogens is 423 g/mol. The molecule has 0 saturated carbocycles. The number of benzene rings is 1. The zero-order valence-electron chi connectivity index (χ0n) is 16.0. The highest BCUT2D eigenvalue weighted by atomic mass is 32.2. The first-order valence-corrected chi connectivity index (χ1v) is 10.4. The molecule has 0 atom stereocenters. The average molecular weight is 441 g/mol. The lowest BCUT2D eigenvalue weighted by molar-refractivity contribution is -0.129. The summed E-state index contributed by atoms with van der Waals surface area (Å²) in [6, 6.07) is 9.18. The number of hydrogen-bond acceptors (Lipinski definition) is 6. The zero-order valence-corrected chi connectivity index (χ0v) is 16.8. The molecule has 0 amide bonds. The summed E-state index contributed by atoms with van der Waals surface area (Å²) in [5, 5.41) is 4.34. The number of alkyl halides is 3. The molecule has 0 aliphatic carbocycles. The van der Waals surface area contributed by atoms with Crippen molar-refractivity contribution in [3.05, 3.63) is 54.1 Å². The second-order valence-corrected chi connectivity index (χ2v) is 8.31. The topological polar surface area (TPSA) is 99.0 Å². The smallest absolute Gasteiger partial charge is 0.390 e. The van der Waals surface area contributed by atoms with Crippen LogP contribution in [-0.4, -0.2) is 40.1 Å². The van der Waals surface area contributed by atoms with Crippen molar-refractivity contribution in [1.29, 1.82) is 0 Å². The van der Waals surface area contributed by atoms with E-state index in [0.29, 0.717) is 11.6 Å². The molecule has 0 saturated heterocycles. The average Bonchev–Trinajstić information content (AvgIpc) is 3.00. The molecule has 3 rings (SSSR count). The molecule has 2 heterocycles. The third-order valence-electron chi connectivity index (χ3n) is 3.86. The highest BCUT2D eigenvalue weighted by Gasteiger charge is 2.29. The van der Waals surface area contributed by atoms with E-state index in [0.717, 1.165) is 11.4 Å². The van der Waals surface area contributed by atoms with Gasteiger partial charge in [-0.15, -0.1) is 0 Å². The van der Waals surface area contributed by atoms with Crippen molar-refractivity contribution in [2.24, 2.45) is 0 Å². The van der Waals surface area contributed by atoms with Gasteiger partial charge >= 0.3 is 6.18 Å².